The molecule has 0 saturated heterocycles. The molecule has 19 heavy (non-hydrogen) atoms. The predicted octanol–water partition coefficient (Wildman–Crippen LogP) is 4.70. The van der Waals surface area contributed by atoms with Gasteiger partial charge in [-0.25, -0.2) is 4.79 Å². The van der Waals surface area contributed by atoms with Crippen molar-refractivity contribution in [2.45, 2.75) is 51.9 Å². The van der Waals surface area contributed by atoms with Crippen LogP contribution in [0.15, 0.2) is 24.3 Å². The van der Waals surface area contributed by atoms with E-state index in [-0.39, 0.29) is 0 Å². The zero-order valence-corrected chi connectivity index (χ0v) is 11.9. The molecule has 0 amide bonds. The van der Waals surface area contributed by atoms with E-state index in [0.717, 1.165) is 11.8 Å². The zero-order chi connectivity index (χ0) is 13.8. The van der Waals surface area contributed by atoms with Gasteiger partial charge in [-0.05, 0) is 54.7 Å². The average Bonchev–Trinajstić information content (AvgIpc) is 2.41. The summed E-state index contributed by atoms with van der Waals surface area (Å²) in [6, 6.07) is 7.48. The first-order valence-corrected chi connectivity index (χ1v) is 7.45. The second kappa shape index (κ2) is 6.23. The largest absolute Gasteiger partial charge is 0.478 e. The normalized spacial score (nSPS) is 27.2. The molecule has 104 valence electrons. The molecule has 1 aliphatic rings. The van der Waals surface area contributed by atoms with E-state index in [1.54, 1.807) is 12.1 Å². The lowest BCUT2D eigenvalue weighted by Gasteiger charge is -2.34. The SMILES string of the molecule is CCCC1CCC(c2ccc(C(=O)O)cc2)CC1C. The Labute approximate surface area is 115 Å². The van der Waals surface area contributed by atoms with Crippen molar-refractivity contribution in [3.8, 4) is 0 Å². The van der Waals surface area contributed by atoms with E-state index >= 15 is 0 Å². The van der Waals surface area contributed by atoms with Gasteiger partial charge in [0.1, 0.15) is 0 Å². The molecular weight excluding hydrogens is 236 g/mol. The molecule has 2 rings (SSSR count). The number of benzene rings is 1. The van der Waals surface area contributed by atoms with Crippen LogP contribution in [0.4, 0.5) is 0 Å². The van der Waals surface area contributed by atoms with Crippen LogP contribution in [0.25, 0.3) is 0 Å². The molecule has 1 fully saturated rings. The molecule has 3 unspecified atom stereocenters. The van der Waals surface area contributed by atoms with Crippen LogP contribution in [-0.4, -0.2) is 11.1 Å². The van der Waals surface area contributed by atoms with Gasteiger partial charge in [-0.1, -0.05) is 38.8 Å². The first kappa shape index (κ1) is 14.1. The van der Waals surface area contributed by atoms with Gasteiger partial charge >= 0.3 is 5.97 Å². The fraction of sp³-hybridized carbons (Fsp3) is 0.588. The van der Waals surface area contributed by atoms with Gasteiger partial charge in [0.25, 0.3) is 0 Å². The molecule has 0 bridgehead atoms. The van der Waals surface area contributed by atoms with Crippen LogP contribution in [-0.2, 0) is 0 Å². The van der Waals surface area contributed by atoms with E-state index in [0.29, 0.717) is 11.5 Å². The van der Waals surface area contributed by atoms with Gasteiger partial charge < -0.3 is 5.11 Å². The molecule has 3 atom stereocenters. The lowest BCUT2D eigenvalue weighted by molar-refractivity contribution is 0.0697. The first-order valence-electron chi connectivity index (χ1n) is 7.45. The number of carboxylic acids is 1. The molecular formula is C17H24O2. The summed E-state index contributed by atoms with van der Waals surface area (Å²) in [5.74, 6) is 1.45. The van der Waals surface area contributed by atoms with Gasteiger partial charge in [-0.2, -0.15) is 0 Å². The lowest BCUT2D eigenvalue weighted by atomic mass is 9.71. The molecule has 1 aliphatic carbocycles. The highest BCUT2D eigenvalue weighted by Crippen LogP contribution is 2.41. The maximum Gasteiger partial charge on any atom is 0.335 e. The van der Waals surface area contributed by atoms with Crippen molar-refractivity contribution >= 4 is 5.97 Å². The van der Waals surface area contributed by atoms with Crippen molar-refractivity contribution in [2.75, 3.05) is 0 Å². The second-order valence-electron chi connectivity index (χ2n) is 5.96. The molecule has 0 radical (unpaired) electrons. The van der Waals surface area contributed by atoms with Crippen molar-refractivity contribution in [1.82, 2.24) is 0 Å². The van der Waals surface area contributed by atoms with Crippen LogP contribution in [0.1, 0.15) is 67.8 Å². The molecule has 1 saturated carbocycles. The fourth-order valence-corrected chi connectivity index (χ4v) is 3.46. The zero-order valence-electron chi connectivity index (χ0n) is 11.9. The Morgan fingerprint density at radius 2 is 1.95 bits per heavy atom. The second-order valence-corrected chi connectivity index (χ2v) is 5.96. The van der Waals surface area contributed by atoms with Gasteiger partial charge in [-0.15, -0.1) is 0 Å². The topological polar surface area (TPSA) is 37.3 Å². The molecule has 0 aliphatic heterocycles. The number of carbonyl (C=O) groups is 1. The van der Waals surface area contributed by atoms with Crippen LogP contribution in [0, 0.1) is 11.8 Å². The summed E-state index contributed by atoms with van der Waals surface area (Å²) >= 11 is 0. The number of carboxylic acid groups (broad SMARTS) is 1. The summed E-state index contributed by atoms with van der Waals surface area (Å²) in [7, 11) is 0. The minimum Gasteiger partial charge on any atom is -0.478 e. The molecule has 0 heterocycles. The van der Waals surface area contributed by atoms with Crippen LogP contribution >= 0.6 is 0 Å². The Morgan fingerprint density at radius 3 is 2.47 bits per heavy atom. The number of aromatic carboxylic acids is 1. The quantitative estimate of drug-likeness (QED) is 0.851. The fourth-order valence-electron chi connectivity index (χ4n) is 3.46. The molecule has 2 nitrogen and oxygen atoms in total. The first-order chi connectivity index (χ1) is 9.11. The maximum atomic E-state index is 10.9. The highest BCUT2D eigenvalue weighted by Gasteiger charge is 2.27. The number of rotatable bonds is 4. The van der Waals surface area contributed by atoms with Crippen molar-refractivity contribution in [1.29, 1.82) is 0 Å². The van der Waals surface area contributed by atoms with Crippen LogP contribution in [0.2, 0.25) is 0 Å². The Morgan fingerprint density at radius 1 is 1.26 bits per heavy atom. The minimum atomic E-state index is -0.841. The molecule has 2 heteroatoms. The lowest BCUT2D eigenvalue weighted by Crippen LogP contribution is -2.21. The van der Waals surface area contributed by atoms with E-state index < -0.39 is 5.97 Å². The van der Waals surface area contributed by atoms with E-state index in [1.165, 1.54) is 37.7 Å². The van der Waals surface area contributed by atoms with E-state index in [4.69, 9.17) is 5.11 Å². The Balaban J connectivity index is 2.01. The third-order valence-electron chi connectivity index (χ3n) is 4.64. The third kappa shape index (κ3) is 3.37. The molecule has 0 aromatic heterocycles. The highest BCUT2D eigenvalue weighted by atomic mass is 16.4. The summed E-state index contributed by atoms with van der Waals surface area (Å²) in [5, 5.41) is 8.92. The van der Waals surface area contributed by atoms with Crippen molar-refractivity contribution in [2.24, 2.45) is 11.8 Å². The van der Waals surface area contributed by atoms with Crippen LogP contribution < -0.4 is 0 Å². The van der Waals surface area contributed by atoms with E-state index in [1.807, 2.05) is 12.1 Å². The number of hydrogen-bond acceptors (Lipinski definition) is 1. The van der Waals surface area contributed by atoms with E-state index in [2.05, 4.69) is 13.8 Å². The standard InChI is InChI=1S/C17H24O2/c1-3-4-13-5-10-16(11-12(13)2)14-6-8-15(9-7-14)17(18)19/h6-9,12-13,16H,3-5,10-11H2,1-2H3,(H,18,19). The smallest absolute Gasteiger partial charge is 0.335 e. The van der Waals surface area contributed by atoms with Crippen molar-refractivity contribution in [3.05, 3.63) is 35.4 Å². The van der Waals surface area contributed by atoms with Crippen LogP contribution in [0.3, 0.4) is 0 Å². The van der Waals surface area contributed by atoms with Crippen LogP contribution in [0.5, 0.6) is 0 Å². The summed E-state index contributed by atoms with van der Waals surface area (Å²) in [5.41, 5.74) is 1.70. The Hall–Kier alpha value is -1.31. The highest BCUT2D eigenvalue weighted by molar-refractivity contribution is 5.87. The van der Waals surface area contributed by atoms with Gasteiger partial charge in [-0.3, -0.25) is 0 Å². The summed E-state index contributed by atoms with van der Waals surface area (Å²) in [6.45, 7) is 4.64. The van der Waals surface area contributed by atoms with Gasteiger partial charge in [0.05, 0.1) is 5.56 Å². The van der Waals surface area contributed by atoms with Gasteiger partial charge in [0.15, 0.2) is 0 Å². The average molecular weight is 260 g/mol. The van der Waals surface area contributed by atoms with Gasteiger partial charge in [0, 0.05) is 0 Å². The van der Waals surface area contributed by atoms with Crippen molar-refractivity contribution < 1.29 is 9.90 Å². The third-order valence-corrected chi connectivity index (χ3v) is 4.64. The van der Waals surface area contributed by atoms with Crippen molar-refractivity contribution in [3.63, 3.8) is 0 Å². The Bertz CT molecular complexity index is 421. The summed E-state index contributed by atoms with van der Waals surface area (Å²) < 4.78 is 0. The monoisotopic (exact) mass is 260 g/mol. The van der Waals surface area contributed by atoms with E-state index in [9.17, 15) is 4.79 Å². The molecule has 1 aromatic carbocycles. The Kier molecular flexibility index (Phi) is 4.62. The van der Waals surface area contributed by atoms with Gasteiger partial charge in [0.2, 0.25) is 0 Å². The molecule has 0 spiro atoms. The molecule has 1 N–H and O–H groups in total. The molecule has 1 aromatic rings. The summed E-state index contributed by atoms with van der Waals surface area (Å²) in [6.07, 6.45) is 6.46. The summed E-state index contributed by atoms with van der Waals surface area (Å²) in [4.78, 5) is 10.9. The number of hydrogen-bond donors (Lipinski definition) is 1. The maximum absolute atomic E-state index is 10.9. The predicted molar refractivity (Wildman–Crippen MR) is 77.6 cm³/mol. The minimum absolute atomic E-state index is 0.386.